The van der Waals surface area contributed by atoms with Crippen molar-refractivity contribution >= 4 is 17.5 Å². The molecule has 2 aromatic carbocycles. The Morgan fingerprint density at radius 1 is 1.12 bits per heavy atom. The van der Waals surface area contributed by atoms with Gasteiger partial charge in [-0.25, -0.2) is 4.68 Å². The summed E-state index contributed by atoms with van der Waals surface area (Å²) in [4.78, 5) is 14.3. The van der Waals surface area contributed by atoms with Crippen LogP contribution in [0, 0.1) is 0 Å². The molecule has 0 aliphatic carbocycles. The molecule has 0 radical (unpaired) electrons. The van der Waals surface area contributed by atoms with Gasteiger partial charge in [0, 0.05) is 24.8 Å². The molecule has 0 atom stereocenters. The van der Waals surface area contributed by atoms with Crippen LogP contribution in [0.3, 0.4) is 0 Å². The lowest BCUT2D eigenvalue weighted by Crippen LogP contribution is -2.27. The summed E-state index contributed by atoms with van der Waals surface area (Å²) in [6.07, 6.45) is 5.24. The van der Waals surface area contributed by atoms with E-state index in [9.17, 15) is 4.79 Å². The number of aromatic nitrogens is 2. The zero-order chi connectivity index (χ0) is 17.6. The average molecular weight is 354 g/mol. The van der Waals surface area contributed by atoms with Crippen LogP contribution in [0.4, 0.5) is 0 Å². The number of halogens is 1. The summed E-state index contributed by atoms with van der Waals surface area (Å²) in [5.41, 5.74) is 2.74. The molecule has 0 saturated heterocycles. The predicted octanol–water partition coefficient (Wildman–Crippen LogP) is 4.23. The quantitative estimate of drug-likeness (QED) is 0.665. The number of carbonyl (C=O) groups excluding carboxylic acids is 1. The van der Waals surface area contributed by atoms with Crippen LogP contribution in [0.2, 0.25) is 5.02 Å². The van der Waals surface area contributed by atoms with Crippen molar-refractivity contribution in [2.45, 2.75) is 12.8 Å². The number of aryl methyl sites for hydroxylation is 1. The fraction of sp³-hybridized carbons (Fsp3) is 0.200. The lowest BCUT2D eigenvalue weighted by molar-refractivity contribution is 0.0793. The van der Waals surface area contributed by atoms with Gasteiger partial charge in [-0.05, 0) is 42.7 Å². The first-order chi connectivity index (χ1) is 12.1. The van der Waals surface area contributed by atoms with Crippen LogP contribution in [0.15, 0.2) is 67.0 Å². The minimum absolute atomic E-state index is 0.0201. The number of hydrogen-bond donors (Lipinski definition) is 0. The molecule has 0 bridgehead atoms. The first-order valence-electron chi connectivity index (χ1n) is 8.23. The molecule has 3 aromatic rings. The zero-order valence-electron chi connectivity index (χ0n) is 14.1. The van der Waals surface area contributed by atoms with E-state index in [1.165, 1.54) is 5.56 Å². The molecule has 1 heterocycles. The summed E-state index contributed by atoms with van der Waals surface area (Å²) >= 11 is 5.90. The second-order valence-electron chi connectivity index (χ2n) is 5.97. The standard InChI is InChI=1S/C20H20ClN3O/c1-23(13-5-8-16-6-3-2-4-7-16)20(25)17-14-22-24(15-17)19-11-9-18(21)10-12-19/h2-4,6-7,9-12,14-15H,5,8,13H2,1H3. The van der Waals surface area contributed by atoms with E-state index in [0.29, 0.717) is 17.1 Å². The van der Waals surface area contributed by atoms with Gasteiger partial charge in [0.15, 0.2) is 0 Å². The Morgan fingerprint density at radius 3 is 2.56 bits per heavy atom. The van der Waals surface area contributed by atoms with Gasteiger partial charge in [-0.1, -0.05) is 41.9 Å². The van der Waals surface area contributed by atoms with Crippen LogP contribution < -0.4 is 0 Å². The van der Waals surface area contributed by atoms with Crippen LogP contribution in [-0.2, 0) is 6.42 Å². The maximum Gasteiger partial charge on any atom is 0.256 e. The molecule has 3 rings (SSSR count). The van der Waals surface area contributed by atoms with Crippen molar-refractivity contribution in [1.29, 1.82) is 0 Å². The number of benzene rings is 2. The van der Waals surface area contributed by atoms with E-state index in [2.05, 4.69) is 17.2 Å². The van der Waals surface area contributed by atoms with Crippen LogP contribution in [0.5, 0.6) is 0 Å². The van der Waals surface area contributed by atoms with Crippen molar-refractivity contribution in [2.75, 3.05) is 13.6 Å². The molecule has 0 saturated carbocycles. The van der Waals surface area contributed by atoms with E-state index in [4.69, 9.17) is 11.6 Å². The van der Waals surface area contributed by atoms with Gasteiger partial charge in [-0.3, -0.25) is 4.79 Å². The van der Waals surface area contributed by atoms with E-state index in [1.54, 1.807) is 34.1 Å². The topological polar surface area (TPSA) is 38.1 Å². The van der Waals surface area contributed by atoms with E-state index in [0.717, 1.165) is 18.5 Å². The van der Waals surface area contributed by atoms with Crippen LogP contribution in [-0.4, -0.2) is 34.2 Å². The molecule has 25 heavy (non-hydrogen) atoms. The number of carbonyl (C=O) groups is 1. The molecule has 0 aliphatic rings. The monoisotopic (exact) mass is 353 g/mol. The van der Waals surface area contributed by atoms with Crippen molar-refractivity contribution in [3.63, 3.8) is 0 Å². The molecular formula is C20H20ClN3O. The SMILES string of the molecule is CN(CCCc1ccccc1)C(=O)c1cnn(-c2ccc(Cl)cc2)c1. The number of nitrogens with zero attached hydrogens (tertiary/aromatic N) is 3. The molecule has 0 unspecified atom stereocenters. The Balaban J connectivity index is 1.58. The molecule has 0 spiro atoms. The minimum atomic E-state index is -0.0201. The number of hydrogen-bond acceptors (Lipinski definition) is 2. The molecule has 1 aromatic heterocycles. The van der Waals surface area contributed by atoms with Crippen molar-refractivity contribution in [2.24, 2.45) is 0 Å². The lowest BCUT2D eigenvalue weighted by Gasteiger charge is -2.16. The lowest BCUT2D eigenvalue weighted by atomic mass is 10.1. The molecule has 0 fully saturated rings. The third kappa shape index (κ3) is 4.48. The molecular weight excluding hydrogens is 334 g/mol. The molecule has 1 amide bonds. The Kier molecular flexibility index (Phi) is 5.51. The normalized spacial score (nSPS) is 10.6. The van der Waals surface area contributed by atoms with Gasteiger partial charge in [-0.2, -0.15) is 5.10 Å². The Hall–Kier alpha value is -2.59. The third-order valence-electron chi connectivity index (χ3n) is 4.07. The maximum absolute atomic E-state index is 12.5. The first-order valence-corrected chi connectivity index (χ1v) is 8.61. The molecule has 0 N–H and O–H groups in total. The zero-order valence-corrected chi connectivity index (χ0v) is 14.9. The second kappa shape index (κ2) is 7.99. The highest BCUT2D eigenvalue weighted by Gasteiger charge is 2.14. The van der Waals surface area contributed by atoms with Crippen molar-refractivity contribution < 1.29 is 4.79 Å². The van der Waals surface area contributed by atoms with Gasteiger partial charge in [0.2, 0.25) is 0 Å². The fourth-order valence-electron chi connectivity index (χ4n) is 2.66. The highest BCUT2D eigenvalue weighted by Crippen LogP contribution is 2.14. The summed E-state index contributed by atoms with van der Waals surface area (Å²) in [6.45, 7) is 0.708. The summed E-state index contributed by atoms with van der Waals surface area (Å²) < 4.78 is 1.68. The summed E-state index contributed by atoms with van der Waals surface area (Å²) in [6, 6.07) is 17.6. The largest absolute Gasteiger partial charge is 0.342 e. The van der Waals surface area contributed by atoms with E-state index in [1.807, 2.05) is 37.4 Å². The molecule has 128 valence electrons. The van der Waals surface area contributed by atoms with Gasteiger partial charge in [0.25, 0.3) is 5.91 Å². The highest BCUT2D eigenvalue weighted by molar-refractivity contribution is 6.30. The predicted molar refractivity (Wildman–Crippen MR) is 100 cm³/mol. The minimum Gasteiger partial charge on any atom is -0.342 e. The summed E-state index contributed by atoms with van der Waals surface area (Å²) in [5, 5.41) is 4.95. The van der Waals surface area contributed by atoms with Crippen molar-refractivity contribution in [3.8, 4) is 5.69 Å². The van der Waals surface area contributed by atoms with Gasteiger partial charge in [0.1, 0.15) is 0 Å². The van der Waals surface area contributed by atoms with Crippen LogP contribution in [0.1, 0.15) is 22.3 Å². The molecule has 0 aliphatic heterocycles. The first kappa shape index (κ1) is 17.2. The van der Waals surface area contributed by atoms with Gasteiger partial charge < -0.3 is 4.90 Å². The van der Waals surface area contributed by atoms with E-state index < -0.39 is 0 Å². The summed E-state index contributed by atoms with van der Waals surface area (Å²) in [7, 11) is 1.83. The van der Waals surface area contributed by atoms with Gasteiger partial charge >= 0.3 is 0 Å². The van der Waals surface area contributed by atoms with Crippen LogP contribution >= 0.6 is 11.6 Å². The molecule has 5 heteroatoms. The Bertz CT molecular complexity index is 828. The Morgan fingerprint density at radius 2 is 1.84 bits per heavy atom. The van der Waals surface area contributed by atoms with Crippen LogP contribution in [0.25, 0.3) is 5.69 Å². The Labute approximate surface area is 152 Å². The average Bonchev–Trinajstić information content (AvgIpc) is 3.12. The second-order valence-corrected chi connectivity index (χ2v) is 6.40. The summed E-state index contributed by atoms with van der Waals surface area (Å²) in [5.74, 6) is -0.0201. The number of rotatable bonds is 6. The third-order valence-corrected chi connectivity index (χ3v) is 4.32. The van der Waals surface area contributed by atoms with E-state index in [-0.39, 0.29) is 5.91 Å². The maximum atomic E-state index is 12.5. The van der Waals surface area contributed by atoms with Gasteiger partial charge in [0.05, 0.1) is 17.4 Å². The van der Waals surface area contributed by atoms with E-state index >= 15 is 0 Å². The van der Waals surface area contributed by atoms with Crippen molar-refractivity contribution in [1.82, 2.24) is 14.7 Å². The number of amides is 1. The fourth-order valence-corrected chi connectivity index (χ4v) is 2.78. The van der Waals surface area contributed by atoms with Gasteiger partial charge in [-0.15, -0.1) is 0 Å². The molecule has 4 nitrogen and oxygen atoms in total. The highest BCUT2D eigenvalue weighted by atomic mass is 35.5. The van der Waals surface area contributed by atoms with Crippen molar-refractivity contribution in [3.05, 3.63) is 83.1 Å². The smallest absolute Gasteiger partial charge is 0.256 e.